The van der Waals surface area contributed by atoms with E-state index in [1.807, 2.05) is 45.9 Å². The molecular weight excluding hydrogens is 314 g/mol. The molecule has 3 aromatic heterocycles. The first-order valence-corrected chi connectivity index (χ1v) is 8.66. The number of carbonyl (C=O) groups is 1. The predicted molar refractivity (Wildman–Crippen MR) is 91.0 cm³/mol. The van der Waals surface area contributed by atoms with E-state index in [1.165, 1.54) is 0 Å². The molecule has 1 N–H and O–H groups in total. The number of aromatic nitrogens is 2. The molecular formula is C16H15N3OS2. The average Bonchev–Trinajstić information content (AvgIpc) is 3.27. The lowest BCUT2D eigenvalue weighted by Crippen LogP contribution is -2.30. The van der Waals surface area contributed by atoms with Crippen molar-refractivity contribution in [1.29, 1.82) is 0 Å². The second-order valence-electron chi connectivity index (χ2n) is 4.65. The van der Waals surface area contributed by atoms with Crippen molar-refractivity contribution in [3.05, 3.63) is 69.3 Å². The van der Waals surface area contributed by atoms with Crippen molar-refractivity contribution < 1.29 is 4.79 Å². The fourth-order valence-corrected chi connectivity index (χ4v) is 3.42. The first-order chi connectivity index (χ1) is 10.8. The monoisotopic (exact) mass is 329 g/mol. The molecule has 0 spiro atoms. The summed E-state index contributed by atoms with van der Waals surface area (Å²) in [5, 5.41) is 13.3. The van der Waals surface area contributed by atoms with Crippen molar-refractivity contribution in [3.63, 3.8) is 0 Å². The van der Waals surface area contributed by atoms with Crippen molar-refractivity contribution in [1.82, 2.24) is 15.1 Å². The third-order valence-corrected chi connectivity index (χ3v) is 4.72. The van der Waals surface area contributed by atoms with Crippen LogP contribution in [-0.2, 0) is 4.79 Å². The number of amides is 1. The van der Waals surface area contributed by atoms with Crippen molar-refractivity contribution >= 4 is 34.7 Å². The normalized spacial score (nSPS) is 12.5. The van der Waals surface area contributed by atoms with Crippen LogP contribution in [0, 0.1) is 0 Å². The maximum Gasteiger partial charge on any atom is 0.244 e. The van der Waals surface area contributed by atoms with Crippen molar-refractivity contribution in [3.8, 4) is 0 Å². The minimum atomic E-state index is -0.0965. The standard InChI is InChI=1S/C16H15N3OS2/c20-16(5-4-14-3-1-9-22-14)17-11-15(13-6-10-21-12-13)19-8-2-7-18-19/h1-10,12,15H,11H2,(H,17,20). The molecule has 3 heterocycles. The molecule has 0 radical (unpaired) electrons. The Hall–Kier alpha value is -2.18. The molecule has 1 unspecified atom stereocenters. The highest BCUT2D eigenvalue weighted by atomic mass is 32.1. The smallest absolute Gasteiger partial charge is 0.244 e. The third kappa shape index (κ3) is 3.72. The van der Waals surface area contributed by atoms with Gasteiger partial charge in [-0.15, -0.1) is 11.3 Å². The van der Waals surface area contributed by atoms with Crippen LogP contribution in [0.5, 0.6) is 0 Å². The van der Waals surface area contributed by atoms with E-state index in [0.717, 1.165) is 10.4 Å². The summed E-state index contributed by atoms with van der Waals surface area (Å²) in [6.07, 6.45) is 7.06. The lowest BCUT2D eigenvalue weighted by Gasteiger charge is -2.16. The molecule has 0 saturated heterocycles. The van der Waals surface area contributed by atoms with Gasteiger partial charge in [0.25, 0.3) is 0 Å². The minimum Gasteiger partial charge on any atom is -0.350 e. The number of thiophene rings is 2. The van der Waals surface area contributed by atoms with Gasteiger partial charge in [0.05, 0.1) is 6.04 Å². The summed E-state index contributed by atoms with van der Waals surface area (Å²) < 4.78 is 1.87. The summed E-state index contributed by atoms with van der Waals surface area (Å²) in [5.74, 6) is -0.0965. The van der Waals surface area contributed by atoms with Gasteiger partial charge in [0.1, 0.15) is 0 Å². The van der Waals surface area contributed by atoms with Gasteiger partial charge in [-0.25, -0.2) is 0 Å². The number of nitrogens with zero attached hydrogens (tertiary/aromatic N) is 2. The Balaban J connectivity index is 1.63. The molecule has 0 aliphatic carbocycles. The van der Waals surface area contributed by atoms with E-state index < -0.39 is 0 Å². The van der Waals surface area contributed by atoms with Crippen LogP contribution < -0.4 is 5.32 Å². The Morgan fingerprint density at radius 1 is 1.36 bits per heavy atom. The van der Waals surface area contributed by atoms with E-state index in [4.69, 9.17) is 0 Å². The zero-order valence-corrected chi connectivity index (χ0v) is 13.4. The van der Waals surface area contributed by atoms with Gasteiger partial charge >= 0.3 is 0 Å². The number of rotatable bonds is 6. The Morgan fingerprint density at radius 2 is 2.32 bits per heavy atom. The fraction of sp³-hybridized carbons (Fsp3) is 0.125. The summed E-state index contributed by atoms with van der Waals surface area (Å²) in [6, 6.07) is 7.90. The molecule has 0 aliphatic rings. The van der Waals surface area contributed by atoms with Gasteiger partial charge < -0.3 is 5.32 Å². The fourth-order valence-electron chi connectivity index (χ4n) is 2.09. The molecule has 4 nitrogen and oxygen atoms in total. The highest BCUT2D eigenvalue weighted by Crippen LogP contribution is 2.19. The van der Waals surface area contributed by atoms with Crippen molar-refractivity contribution in [2.24, 2.45) is 0 Å². The van der Waals surface area contributed by atoms with E-state index in [1.54, 1.807) is 34.9 Å². The van der Waals surface area contributed by atoms with Gasteiger partial charge in [-0.05, 0) is 46.0 Å². The largest absolute Gasteiger partial charge is 0.350 e. The van der Waals surface area contributed by atoms with Crippen molar-refractivity contribution in [2.45, 2.75) is 6.04 Å². The highest BCUT2D eigenvalue weighted by molar-refractivity contribution is 7.10. The summed E-state index contributed by atoms with van der Waals surface area (Å²) in [5.41, 5.74) is 1.15. The van der Waals surface area contributed by atoms with Crippen LogP contribution in [0.2, 0.25) is 0 Å². The summed E-state index contributed by atoms with van der Waals surface area (Å²) in [4.78, 5) is 13.0. The van der Waals surface area contributed by atoms with E-state index >= 15 is 0 Å². The van der Waals surface area contributed by atoms with E-state index in [0.29, 0.717) is 6.54 Å². The van der Waals surface area contributed by atoms with E-state index in [2.05, 4.69) is 21.9 Å². The molecule has 0 aliphatic heterocycles. The van der Waals surface area contributed by atoms with Gasteiger partial charge in [0.2, 0.25) is 5.91 Å². The van der Waals surface area contributed by atoms with Crippen LogP contribution in [-0.4, -0.2) is 22.2 Å². The van der Waals surface area contributed by atoms with Crippen LogP contribution in [0.25, 0.3) is 6.08 Å². The van der Waals surface area contributed by atoms with Gasteiger partial charge in [0, 0.05) is 29.9 Å². The Bertz CT molecular complexity index is 681. The van der Waals surface area contributed by atoms with E-state index in [-0.39, 0.29) is 11.9 Å². The van der Waals surface area contributed by atoms with Gasteiger partial charge in [-0.1, -0.05) is 6.07 Å². The Morgan fingerprint density at radius 3 is 3.00 bits per heavy atom. The molecule has 3 rings (SSSR count). The van der Waals surface area contributed by atoms with Crippen LogP contribution in [0.1, 0.15) is 16.5 Å². The molecule has 6 heteroatoms. The number of nitrogens with one attached hydrogen (secondary N) is 1. The maximum absolute atomic E-state index is 12.0. The van der Waals surface area contributed by atoms with Crippen LogP contribution in [0.3, 0.4) is 0 Å². The number of carbonyl (C=O) groups excluding carboxylic acids is 1. The zero-order valence-electron chi connectivity index (χ0n) is 11.8. The molecule has 0 saturated carbocycles. The van der Waals surface area contributed by atoms with Crippen LogP contribution >= 0.6 is 22.7 Å². The third-order valence-electron chi connectivity index (χ3n) is 3.18. The second-order valence-corrected chi connectivity index (χ2v) is 6.41. The molecule has 0 bridgehead atoms. The molecule has 1 atom stereocenters. The molecule has 22 heavy (non-hydrogen) atoms. The molecule has 0 fully saturated rings. The Labute approximate surface area is 136 Å². The van der Waals surface area contributed by atoms with Gasteiger partial charge in [0.15, 0.2) is 0 Å². The zero-order chi connectivity index (χ0) is 15.2. The van der Waals surface area contributed by atoms with Crippen molar-refractivity contribution in [2.75, 3.05) is 6.54 Å². The molecule has 0 aromatic carbocycles. The SMILES string of the molecule is O=C(C=Cc1cccs1)NCC(c1ccsc1)n1cccn1. The minimum absolute atomic E-state index is 0.0142. The summed E-state index contributed by atoms with van der Waals surface area (Å²) in [6.45, 7) is 0.506. The second kappa shape index (κ2) is 7.20. The quantitative estimate of drug-likeness (QED) is 0.704. The maximum atomic E-state index is 12.0. The van der Waals surface area contributed by atoms with E-state index in [9.17, 15) is 4.79 Å². The lowest BCUT2D eigenvalue weighted by atomic mass is 10.1. The number of hydrogen-bond acceptors (Lipinski definition) is 4. The summed E-state index contributed by atoms with van der Waals surface area (Å²) >= 11 is 3.25. The average molecular weight is 329 g/mol. The predicted octanol–water partition coefficient (Wildman–Crippen LogP) is 3.43. The molecule has 3 aromatic rings. The van der Waals surface area contributed by atoms with Gasteiger partial charge in [-0.2, -0.15) is 16.4 Å². The Kier molecular flexibility index (Phi) is 4.82. The topological polar surface area (TPSA) is 46.9 Å². The first kappa shape index (κ1) is 14.7. The summed E-state index contributed by atoms with van der Waals surface area (Å²) in [7, 11) is 0. The van der Waals surface area contributed by atoms with Gasteiger partial charge in [-0.3, -0.25) is 9.48 Å². The lowest BCUT2D eigenvalue weighted by molar-refractivity contribution is -0.116. The van der Waals surface area contributed by atoms with Crippen LogP contribution in [0.4, 0.5) is 0 Å². The molecule has 1 amide bonds. The van der Waals surface area contributed by atoms with Crippen LogP contribution in [0.15, 0.2) is 58.9 Å². The molecule has 112 valence electrons. The number of hydrogen-bond donors (Lipinski definition) is 1. The highest BCUT2D eigenvalue weighted by Gasteiger charge is 2.15. The first-order valence-electron chi connectivity index (χ1n) is 6.83.